The van der Waals surface area contributed by atoms with Crippen LogP contribution < -0.4 is 0 Å². The van der Waals surface area contributed by atoms with Gasteiger partial charge in [-0.1, -0.05) is 43.3 Å². The van der Waals surface area contributed by atoms with E-state index in [0.717, 1.165) is 17.7 Å². The molecule has 150 valence electrons. The highest BCUT2D eigenvalue weighted by Crippen LogP contribution is 2.45. The van der Waals surface area contributed by atoms with Crippen molar-refractivity contribution >= 4 is 11.8 Å². The van der Waals surface area contributed by atoms with Gasteiger partial charge in [0.1, 0.15) is 24.4 Å². The highest BCUT2D eigenvalue weighted by atomic mass is 32.2. The number of hydrogen-bond donors (Lipinski definition) is 3. The number of rotatable bonds is 4. The van der Waals surface area contributed by atoms with Gasteiger partial charge in [0, 0.05) is 16.6 Å². The third kappa shape index (κ3) is 3.48. The second-order valence-corrected chi connectivity index (χ2v) is 8.52. The molecule has 0 radical (unpaired) electrons. The Balaban J connectivity index is 1.64. The van der Waals surface area contributed by atoms with Gasteiger partial charge in [0.15, 0.2) is 6.17 Å². The van der Waals surface area contributed by atoms with Crippen molar-refractivity contribution in [1.29, 1.82) is 0 Å². The third-order valence-corrected chi connectivity index (χ3v) is 6.96. The van der Waals surface area contributed by atoms with E-state index in [0.29, 0.717) is 5.56 Å². The van der Waals surface area contributed by atoms with Gasteiger partial charge < -0.3 is 20.1 Å². The molecule has 6 atom stereocenters. The van der Waals surface area contributed by atoms with E-state index in [-0.39, 0.29) is 5.92 Å². The van der Waals surface area contributed by atoms with Gasteiger partial charge in [0.25, 0.3) is 0 Å². The number of halogens is 1. The van der Waals surface area contributed by atoms with Gasteiger partial charge in [0.2, 0.25) is 0 Å². The van der Waals surface area contributed by atoms with E-state index in [2.05, 4.69) is 31.2 Å². The van der Waals surface area contributed by atoms with Gasteiger partial charge in [-0.05, 0) is 34.7 Å². The van der Waals surface area contributed by atoms with Crippen molar-refractivity contribution in [3.8, 4) is 0 Å². The second kappa shape index (κ2) is 8.13. The summed E-state index contributed by atoms with van der Waals surface area (Å²) in [6.45, 7) is 1.59. The summed E-state index contributed by atoms with van der Waals surface area (Å²) in [5.74, 6) is 1.17. The molecule has 0 aliphatic carbocycles. The van der Waals surface area contributed by atoms with Crippen molar-refractivity contribution in [2.45, 2.75) is 54.7 Å². The summed E-state index contributed by atoms with van der Waals surface area (Å²) >= 11 is 1.79. The van der Waals surface area contributed by atoms with Gasteiger partial charge >= 0.3 is 0 Å². The molecule has 5 unspecified atom stereocenters. The van der Waals surface area contributed by atoms with E-state index < -0.39 is 37.2 Å². The number of thioether (sulfide) groups is 1. The fourth-order valence-electron chi connectivity index (χ4n) is 4.02. The number of aliphatic hydroxyl groups is 3. The van der Waals surface area contributed by atoms with Crippen LogP contribution in [0.4, 0.5) is 4.39 Å². The monoisotopic (exact) mass is 404 g/mol. The first kappa shape index (κ1) is 19.9. The summed E-state index contributed by atoms with van der Waals surface area (Å²) in [4.78, 5) is 1.18. The summed E-state index contributed by atoms with van der Waals surface area (Å²) in [6.07, 6.45) is -5.81. The second-order valence-electron chi connectivity index (χ2n) is 7.46. The Morgan fingerprint density at radius 3 is 2.46 bits per heavy atom. The largest absolute Gasteiger partial charge is 0.394 e. The molecule has 2 aromatic carbocycles. The Morgan fingerprint density at radius 1 is 1.07 bits per heavy atom. The molecular formula is C22H25FO4S. The van der Waals surface area contributed by atoms with Gasteiger partial charge in [0.05, 0.1) is 6.61 Å². The average molecular weight is 405 g/mol. The number of aryl methyl sites for hydroxylation is 1. The minimum Gasteiger partial charge on any atom is -0.394 e. The highest BCUT2D eigenvalue weighted by Gasteiger charge is 2.45. The number of alkyl halides is 1. The van der Waals surface area contributed by atoms with Crippen LogP contribution in [-0.2, 0) is 11.2 Å². The summed E-state index contributed by atoms with van der Waals surface area (Å²) < 4.78 is 19.7. The molecular weight excluding hydrogens is 379 g/mol. The van der Waals surface area contributed by atoms with Crippen molar-refractivity contribution in [1.82, 2.24) is 0 Å². The van der Waals surface area contributed by atoms with E-state index in [1.807, 2.05) is 18.2 Å². The lowest BCUT2D eigenvalue weighted by atomic mass is 9.87. The van der Waals surface area contributed by atoms with Crippen LogP contribution in [0.25, 0.3) is 0 Å². The molecule has 2 aromatic rings. The minimum atomic E-state index is -1.81. The van der Waals surface area contributed by atoms with Crippen molar-refractivity contribution in [2.24, 2.45) is 0 Å². The summed E-state index contributed by atoms with van der Waals surface area (Å²) in [6, 6.07) is 14.5. The summed E-state index contributed by atoms with van der Waals surface area (Å²) in [7, 11) is 0. The standard InChI is InChI=1S/C22H25FO4S/c1-2-12-3-5-13(6-4-12)16-11-28-18-8-7-14(9-15(16)18)22-21(26)20(25)19(23)17(10-24)27-22/h3-9,16-17,19-22,24-26H,2,10-11H2,1H3/t16-,17?,19?,20?,21?,22?/m0/s1. The van der Waals surface area contributed by atoms with Gasteiger partial charge in [-0.2, -0.15) is 0 Å². The quantitative estimate of drug-likeness (QED) is 0.731. The molecule has 6 heteroatoms. The third-order valence-electron chi connectivity index (χ3n) is 5.78. The maximum Gasteiger partial charge on any atom is 0.157 e. The van der Waals surface area contributed by atoms with Crippen LogP contribution in [-0.4, -0.2) is 52.2 Å². The molecule has 0 bridgehead atoms. The molecule has 2 aliphatic heterocycles. The molecule has 0 aromatic heterocycles. The van der Waals surface area contributed by atoms with Crippen LogP contribution in [0.1, 0.15) is 41.2 Å². The number of ether oxygens (including phenoxy) is 1. The van der Waals surface area contributed by atoms with Crippen LogP contribution in [0.2, 0.25) is 0 Å². The first-order valence-corrected chi connectivity index (χ1v) is 10.6. The summed E-state index contributed by atoms with van der Waals surface area (Å²) in [5.41, 5.74) is 4.38. The maximum atomic E-state index is 14.0. The van der Waals surface area contributed by atoms with Crippen molar-refractivity contribution in [2.75, 3.05) is 12.4 Å². The Labute approximate surface area is 168 Å². The molecule has 0 saturated carbocycles. The lowest BCUT2D eigenvalue weighted by Gasteiger charge is -2.39. The lowest BCUT2D eigenvalue weighted by Crippen LogP contribution is -2.53. The summed E-state index contributed by atoms with van der Waals surface area (Å²) in [5, 5.41) is 29.8. The predicted molar refractivity (Wildman–Crippen MR) is 106 cm³/mol. The van der Waals surface area contributed by atoms with Gasteiger partial charge in [-0.15, -0.1) is 11.8 Å². The maximum absolute atomic E-state index is 14.0. The van der Waals surface area contributed by atoms with E-state index in [1.54, 1.807) is 11.8 Å². The molecule has 1 saturated heterocycles. The topological polar surface area (TPSA) is 69.9 Å². The van der Waals surface area contributed by atoms with Crippen LogP contribution in [0.5, 0.6) is 0 Å². The van der Waals surface area contributed by atoms with Crippen molar-refractivity contribution in [3.05, 3.63) is 64.7 Å². The van der Waals surface area contributed by atoms with Crippen LogP contribution >= 0.6 is 11.8 Å². The van der Waals surface area contributed by atoms with E-state index in [1.165, 1.54) is 16.0 Å². The molecule has 28 heavy (non-hydrogen) atoms. The van der Waals surface area contributed by atoms with Crippen LogP contribution in [0, 0.1) is 0 Å². The predicted octanol–water partition coefficient (Wildman–Crippen LogP) is 2.98. The Hall–Kier alpha value is -1.44. The average Bonchev–Trinajstić information content (AvgIpc) is 3.15. The fraction of sp³-hybridized carbons (Fsp3) is 0.455. The van der Waals surface area contributed by atoms with Crippen molar-refractivity contribution < 1.29 is 24.4 Å². The fourth-order valence-corrected chi connectivity index (χ4v) is 5.27. The van der Waals surface area contributed by atoms with E-state index in [9.17, 15) is 19.7 Å². The molecule has 2 aliphatic rings. The van der Waals surface area contributed by atoms with E-state index >= 15 is 0 Å². The van der Waals surface area contributed by atoms with Crippen LogP contribution in [0.15, 0.2) is 47.4 Å². The molecule has 0 amide bonds. The molecule has 4 nitrogen and oxygen atoms in total. The molecule has 4 rings (SSSR count). The van der Waals surface area contributed by atoms with Crippen LogP contribution in [0.3, 0.4) is 0 Å². The first-order chi connectivity index (χ1) is 13.5. The number of benzene rings is 2. The Kier molecular flexibility index (Phi) is 5.76. The zero-order valence-corrected chi connectivity index (χ0v) is 16.5. The SMILES string of the molecule is CCc1ccc([C@@H]2CSc3ccc(C4OC(CO)C(F)C(O)C4O)cc32)cc1. The number of fused-ring (bicyclic) bond motifs is 1. The highest BCUT2D eigenvalue weighted by molar-refractivity contribution is 7.99. The Morgan fingerprint density at radius 2 is 1.79 bits per heavy atom. The molecule has 1 fully saturated rings. The Bertz CT molecular complexity index is 826. The van der Waals surface area contributed by atoms with Gasteiger partial charge in [-0.3, -0.25) is 0 Å². The minimum absolute atomic E-state index is 0.235. The van der Waals surface area contributed by atoms with Crippen molar-refractivity contribution in [3.63, 3.8) is 0 Å². The van der Waals surface area contributed by atoms with Gasteiger partial charge in [-0.25, -0.2) is 4.39 Å². The molecule has 3 N–H and O–H groups in total. The van der Waals surface area contributed by atoms with E-state index in [4.69, 9.17) is 4.74 Å². The molecule has 0 spiro atoms. The lowest BCUT2D eigenvalue weighted by molar-refractivity contribution is -0.214. The zero-order valence-electron chi connectivity index (χ0n) is 15.7. The first-order valence-electron chi connectivity index (χ1n) is 9.65. The number of aliphatic hydroxyl groups excluding tert-OH is 3. The normalized spacial score (nSPS) is 32.3. The smallest absolute Gasteiger partial charge is 0.157 e. The zero-order chi connectivity index (χ0) is 19.8. The molecule has 2 heterocycles. The number of hydrogen-bond acceptors (Lipinski definition) is 5.